The van der Waals surface area contributed by atoms with Gasteiger partial charge in [0.1, 0.15) is 13.4 Å². The Hall–Kier alpha value is -1.98. The van der Waals surface area contributed by atoms with Crippen LogP contribution >= 0.6 is 0 Å². The molecule has 2 rings (SSSR count). The lowest BCUT2D eigenvalue weighted by molar-refractivity contribution is 0.0635. The summed E-state index contributed by atoms with van der Waals surface area (Å²) in [6.07, 6.45) is -0.575. The average molecular weight is 244 g/mol. The highest BCUT2D eigenvalue weighted by molar-refractivity contribution is 6.33. The van der Waals surface area contributed by atoms with Gasteiger partial charge in [-0.1, -0.05) is 16.7 Å². The molecule has 5 nitrogen and oxygen atoms in total. The van der Waals surface area contributed by atoms with Crippen LogP contribution in [-0.4, -0.2) is 24.7 Å². The number of carbonyl (C=O) groups is 1. The predicted octanol–water partition coefficient (Wildman–Crippen LogP) is 1.97. The number of nitrogens with zero attached hydrogens (tertiary/aromatic N) is 1. The summed E-state index contributed by atoms with van der Waals surface area (Å²) in [5, 5.41) is 6.97. The molecule has 0 aliphatic carbocycles. The molecule has 1 amide bonds. The third kappa shape index (κ3) is 2.82. The van der Waals surface area contributed by atoms with Crippen LogP contribution in [0.2, 0.25) is 0 Å². The maximum absolute atomic E-state index is 11.6. The van der Waals surface area contributed by atoms with Crippen molar-refractivity contribution in [1.82, 2.24) is 5.16 Å². The van der Waals surface area contributed by atoms with Gasteiger partial charge in [-0.3, -0.25) is 5.32 Å². The molecule has 0 aliphatic rings. The van der Waals surface area contributed by atoms with Gasteiger partial charge in [0.05, 0.1) is 5.39 Å². The summed E-state index contributed by atoms with van der Waals surface area (Å²) in [6.45, 7) is 5.36. The maximum Gasteiger partial charge on any atom is 0.413 e. The fraction of sp³-hybridized carbons (Fsp3) is 0.333. The number of carbonyl (C=O) groups excluding carboxylic acids is 1. The van der Waals surface area contributed by atoms with Crippen LogP contribution in [0.3, 0.4) is 0 Å². The van der Waals surface area contributed by atoms with E-state index in [0.717, 1.165) is 0 Å². The molecule has 1 aromatic carbocycles. The molecular weight excluding hydrogens is 231 g/mol. The number of benzene rings is 1. The van der Waals surface area contributed by atoms with E-state index in [1.165, 1.54) is 0 Å². The summed E-state index contributed by atoms with van der Waals surface area (Å²) >= 11 is 0. The van der Waals surface area contributed by atoms with E-state index in [4.69, 9.17) is 17.1 Å². The van der Waals surface area contributed by atoms with E-state index < -0.39 is 11.7 Å². The van der Waals surface area contributed by atoms with Gasteiger partial charge in [-0.05, 0) is 32.9 Å². The maximum atomic E-state index is 11.6. The predicted molar refractivity (Wildman–Crippen MR) is 69.3 cm³/mol. The van der Waals surface area contributed by atoms with Gasteiger partial charge in [0.2, 0.25) is 0 Å². The van der Waals surface area contributed by atoms with Crippen LogP contribution in [0.15, 0.2) is 22.7 Å². The standard InChI is InChI=1S/C12H13BN2O3/c1-12(2,3)17-11(16)14-10-8-5-4-7(13)6-9(8)18-15-10/h4-6H,1-3H3,(H,14,15,16). The highest BCUT2D eigenvalue weighted by atomic mass is 16.6. The van der Waals surface area contributed by atoms with Crippen LogP contribution in [0.5, 0.6) is 0 Å². The number of amides is 1. The number of fused-ring (bicyclic) bond motifs is 1. The van der Waals surface area contributed by atoms with Crippen molar-refractivity contribution in [2.24, 2.45) is 0 Å². The Bertz CT molecular complexity index is 587. The van der Waals surface area contributed by atoms with Gasteiger partial charge in [-0.25, -0.2) is 4.79 Å². The van der Waals surface area contributed by atoms with Crippen molar-refractivity contribution in [3.05, 3.63) is 18.2 Å². The van der Waals surface area contributed by atoms with Crippen LogP contribution in [0.1, 0.15) is 20.8 Å². The molecule has 0 atom stereocenters. The van der Waals surface area contributed by atoms with E-state index in [1.807, 2.05) is 0 Å². The minimum absolute atomic E-state index is 0.319. The lowest BCUT2D eigenvalue weighted by atomic mass is 9.96. The smallest absolute Gasteiger partial charge is 0.413 e. The highest BCUT2D eigenvalue weighted by Crippen LogP contribution is 2.21. The van der Waals surface area contributed by atoms with Crippen molar-refractivity contribution >= 4 is 36.2 Å². The van der Waals surface area contributed by atoms with Gasteiger partial charge in [-0.2, -0.15) is 0 Å². The molecular formula is C12H13BN2O3. The molecule has 1 N–H and O–H groups in total. The normalized spacial score (nSPS) is 11.5. The SMILES string of the molecule is [B]c1ccc2c(NC(=O)OC(C)(C)C)noc2c1. The van der Waals surface area contributed by atoms with Crippen molar-refractivity contribution in [2.45, 2.75) is 26.4 Å². The first-order valence-corrected chi connectivity index (χ1v) is 5.50. The summed E-state index contributed by atoms with van der Waals surface area (Å²) in [5.74, 6) is 0.319. The molecule has 0 aliphatic heterocycles. The molecule has 6 heteroatoms. The van der Waals surface area contributed by atoms with E-state index in [1.54, 1.807) is 39.0 Å². The van der Waals surface area contributed by atoms with Crippen LogP contribution in [0.25, 0.3) is 11.0 Å². The number of hydrogen-bond donors (Lipinski definition) is 1. The molecule has 0 fully saturated rings. The van der Waals surface area contributed by atoms with Gasteiger partial charge in [0.25, 0.3) is 0 Å². The zero-order valence-corrected chi connectivity index (χ0v) is 10.5. The van der Waals surface area contributed by atoms with Crippen LogP contribution in [-0.2, 0) is 4.74 Å². The quantitative estimate of drug-likeness (QED) is 0.779. The zero-order valence-electron chi connectivity index (χ0n) is 10.5. The first-order valence-electron chi connectivity index (χ1n) is 5.50. The van der Waals surface area contributed by atoms with E-state index in [2.05, 4.69) is 10.5 Å². The van der Waals surface area contributed by atoms with Crippen molar-refractivity contribution in [2.75, 3.05) is 5.32 Å². The molecule has 0 spiro atoms. The molecule has 0 bridgehead atoms. The molecule has 0 unspecified atom stereocenters. The minimum atomic E-state index is -0.575. The molecule has 1 heterocycles. The van der Waals surface area contributed by atoms with E-state index in [0.29, 0.717) is 22.2 Å². The van der Waals surface area contributed by atoms with Crippen molar-refractivity contribution in [3.8, 4) is 0 Å². The number of nitrogens with one attached hydrogen (secondary N) is 1. The Morgan fingerprint density at radius 2 is 2.17 bits per heavy atom. The third-order valence-electron chi connectivity index (χ3n) is 2.12. The Kier molecular flexibility index (Phi) is 3.03. The number of rotatable bonds is 1. The molecule has 2 radical (unpaired) electrons. The molecule has 0 saturated carbocycles. The molecule has 0 saturated heterocycles. The molecule has 18 heavy (non-hydrogen) atoms. The number of hydrogen-bond acceptors (Lipinski definition) is 4. The summed E-state index contributed by atoms with van der Waals surface area (Å²) < 4.78 is 10.2. The van der Waals surface area contributed by atoms with Crippen LogP contribution in [0.4, 0.5) is 10.6 Å². The highest BCUT2D eigenvalue weighted by Gasteiger charge is 2.18. The second kappa shape index (κ2) is 4.36. The fourth-order valence-electron chi connectivity index (χ4n) is 1.44. The Balaban J connectivity index is 2.20. The van der Waals surface area contributed by atoms with E-state index in [-0.39, 0.29) is 0 Å². The Morgan fingerprint density at radius 1 is 1.44 bits per heavy atom. The Labute approximate surface area is 106 Å². The second-order valence-electron chi connectivity index (χ2n) is 4.91. The lowest BCUT2D eigenvalue weighted by Gasteiger charge is -2.18. The van der Waals surface area contributed by atoms with Gasteiger partial charge >= 0.3 is 6.09 Å². The summed E-state index contributed by atoms with van der Waals surface area (Å²) in [6, 6.07) is 5.08. The number of ether oxygens (including phenoxy) is 1. The van der Waals surface area contributed by atoms with E-state index >= 15 is 0 Å². The summed E-state index contributed by atoms with van der Waals surface area (Å²) in [4.78, 5) is 11.6. The van der Waals surface area contributed by atoms with Gasteiger partial charge < -0.3 is 9.26 Å². The van der Waals surface area contributed by atoms with E-state index in [9.17, 15) is 4.79 Å². The van der Waals surface area contributed by atoms with Crippen LogP contribution in [0, 0.1) is 0 Å². The lowest BCUT2D eigenvalue weighted by Crippen LogP contribution is -2.27. The van der Waals surface area contributed by atoms with Crippen molar-refractivity contribution in [1.29, 1.82) is 0 Å². The monoisotopic (exact) mass is 244 g/mol. The zero-order chi connectivity index (χ0) is 13.3. The van der Waals surface area contributed by atoms with Crippen molar-refractivity contribution in [3.63, 3.8) is 0 Å². The van der Waals surface area contributed by atoms with Gasteiger partial charge in [0.15, 0.2) is 11.4 Å². The third-order valence-corrected chi connectivity index (χ3v) is 2.12. The Morgan fingerprint density at radius 3 is 2.83 bits per heavy atom. The fourth-order valence-corrected chi connectivity index (χ4v) is 1.44. The molecule has 1 aromatic heterocycles. The summed E-state index contributed by atoms with van der Waals surface area (Å²) in [7, 11) is 5.62. The second-order valence-corrected chi connectivity index (χ2v) is 4.91. The number of aromatic nitrogens is 1. The minimum Gasteiger partial charge on any atom is -0.444 e. The van der Waals surface area contributed by atoms with Crippen LogP contribution < -0.4 is 10.8 Å². The molecule has 92 valence electrons. The first-order chi connectivity index (χ1) is 8.35. The topological polar surface area (TPSA) is 64.4 Å². The van der Waals surface area contributed by atoms with Crippen molar-refractivity contribution < 1.29 is 14.1 Å². The largest absolute Gasteiger partial charge is 0.444 e. The number of anilines is 1. The summed E-state index contributed by atoms with van der Waals surface area (Å²) in [5.41, 5.74) is 0.525. The first kappa shape index (κ1) is 12.5. The molecule has 2 aromatic rings. The van der Waals surface area contributed by atoms with Gasteiger partial charge in [0, 0.05) is 0 Å². The van der Waals surface area contributed by atoms with Gasteiger partial charge in [-0.15, -0.1) is 0 Å². The average Bonchev–Trinajstić information content (AvgIpc) is 2.57.